The quantitative estimate of drug-likeness (QED) is 0.351. The number of anilines is 2. The lowest BCUT2D eigenvalue weighted by molar-refractivity contribution is 0.204. The minimum atomic E-state index is -3.65. The molecule has 206 valence electrons. The van der Waals surface area contributed by atoms with Gasteiger partial charge in [-0.2, -0.15) is 0 Å². The van der Waals surface area contributed by atoms with E-state index in [1.54, 1.807) is 13.2 Å². The summed E-state index contributed by atoms with van der Waals surface area (Å²) in [7, 11) is -0.600. The Bertz CT molecular complexity index is 1370. The van der Waals surface area contributed by atoms with Crippen molar-refractivity contribution >= 4 is 33.3 Å². The van der Waals surface area contributed by atoms with Gasteiger partial charge in [0.15, 0.2) is 5.82 Å². The molecule has 2 heterocycles. The van der Waals surface area contributed by atoms with Crippen LogP contribution < -0.4 is 14.9 Å². The van der Waals surface area contributed by atoms with Crippen LogP contribution in [0.1, 0.15) is 31.7 Å². The molecule has 1 aromatic carbocycles. The maximum atomic E-state index is 12.5. The minimum absolute atomic E-state index is 0.0764. The number of halogens is 1. The molecule has 3 unspecified atom stereocenters. The SMILES string of the molecule is COCCN(CC1CC1C)c1cc(-c2nnc(C(C)(N)Cc3ccccc3)o2)c(Cl)c(N(C)S(C)(=O)=O)n1. The lowest BCUT2D eigenvalue weighted by Gasteiger charge is -2.26. The number of hydrogen-bond donors (Lipinski definition) is 1. The van der Waals surface area contributed by atoms with E-state index in [0.29, 0.717) is 42.8 Å². The van der Waals surface area contributed by atoms with Gasteiger partial charge in [-0.15, -0.1) is 10.2 Å². The van der Waals surface area contributed by atoms with E-state index in [1.165, 1.54) is 7.05 Å². The molecule has 1 aliphatic rings. The third-order valence-electron chi connectivity index (χ3n) is 6.90. The van der Waals surface area contributed by atoms with E-state index in [0.717, 1.165) is 29.1 Å². The van der Waals surface area contributed by atoms with Gasteiger partial charge in [-0.3, -0.25) is 4.31 Å². The van der Waals surface area contributed by atoms with Gasteiger partial charge in [0, 0.05) is 27.2 Å². The topological polar surface area (TPSA) is 128 Å². The number of methoxy groups -OCH3 is 1. The molecule has 10 nitrogen and oxygen atoms in total. The van der Waals surface area contributed by atoms with Crippen molar-refractivity contribution in [3.8, 4) is 11.5 Å². The molecule has 0 bridgehead atoms. The highest BCUT2D eigenvalue weighted by molar-refractivity contribution is 7.92. The van der Waals surface area contributed by atoms with E-state index >= 15 is 0 Å². The first-order valence-electron chi connectivity index (χ1n) is 12.5. The summed E-state index contributed by atoms with van der Waals surface area (Å²) in [6.07, 6.45) is 2.71. The van der Waals surface area contributed by atoms with Crippen LogP contribution in [0, 0.1) is 11.8 Å². The average Bonchev–Trinajstić information content (AvgIpc) is 3.33. The van der Waals surface area contributed by atoms with E-state index in [9.17, 15) is 8.42 Å². The molecule has 38 heavy (non-hydrogen) atoms. The number of ether oxygens (including phenoxy) is 1. The van der Waals surface area contributed by atoms with Gasteiger partial charge >= 0.3 is 0 Å². The Balaban J connectivity index is 1.76. The van der Waals surface area contributed by atoms with Crippen molar-refractivity contribution in [3.63, 3.8) is 0 Å². The van der Waals surface area contributed by atoms with Crippen LogP contribution in [-0.4, -0.2) is 63.7 Å². The zero-order valence-electron chi connectivity index (χ0n) is 22.4. The lowest BCUT2D eigenvalue weighted by atomic mass is 9.94. The normalized spacial score (nSPS) is 18.7. The molecule has 0 radical (unpaired) electrons. The highest BCUT2D eigenvalue weighted by atomic mass is 35.5. The van der Waals surface area contributed by atoms with Crippen molar-refractivity contribution in [1.82, 2.24) is 15.2 Å². The fraction of sp³-hybridized carbons (Fsp3) is 0.500. The third kappa shape index (κ3) is 6.45. The fourth-order valence-corrected chi connectivity index (χ4v) is 5.08. The first-order valence-corrected chi connectivity index (χ1v) is 14.7. The Morgan fingerprint density at radius 3 is 2.55 bits per heavy atom. The second kappa shape index (κ2) is 11.2. The van der Waals surface area contributed by atoms with Crippen molar-refractivity contribution in [1.29, 1.82) is 0 Å². The summed E-state index contributed by atoms with van der Waals surface area (Å²) in [5, 5.41) is 8.56. The summed E-state index contributed by atoms with van der Waals surface area (Å²) in [5.74, 6) is 2.14. The van der Waals surface area contributed by atoms with E-state index in [2.05, 4.69) is 27.0 Å². The molecule has 1 aliphatic carbocycles. The van der Waals surface area contributed by atoms with Crippen LogP contribution in [0.25, 0.3) is 11.5 Å². The van der Waals surface area contributed by atoms with E-state index in [4.69, 9.17) is 26.5 Å². The van der Waals surface area contributed by atoms with Crippen LogP contribution >= 0.6 is 11.6 Å². The number of nitrogens with zero attached hydrogens (tertiary/aromatic N) is 5. The van der Waals surface area contributed by atoms with E-state index in [-0.39, 0.29) is 22.6 Å². The number of benzene rings is 1. The molecular weight excluding hydrogens is 528 g/mol. The van der Waals surface area contributed by atoms with Crippen molar-refractivity contribution in [2.45, 2.75) is 32.2 Å². The van der Waals surface area contributed by atoms with Gasteiger partial charge in [-0.05, 0) is 43.2 Å². The lowest BCUT2D eigenvalue weighted by Crippen LogP contribution is -2.35. The number of sulfonamides is 1. The van der Waals surface area contributed by atoms with Gasteiger partial charge in [-0.25, -0.2) is 13.4 Å². The summed E-state index contributed by atoms with van der Waals surface area (Å²) in [4.78, 5) is 6.75. The average molecular weight is 563 g/mol. The first kappa shape index (κ1) is 28.3. The van der Waals surface area contributed by atoms with Gasteiger partial charge in [0.2, 0.25) is 21.8 Å². The second-order valence-electron chi connectivity index (χ2n) is 10.3. The van der Waals surface area contributed by atoms with E-state index in [1.807, 2.05) is 37.3 Å². The zero-order valence-corrected chi connectivity index (χ0v) is 24.0. The standard InChI is InChI=1S/C26H35ClN6O4S/c1-17-13-19(17)16-33(11-12-36-4)21-14-20(22(27)23(29-21)32(3)38(5,34)35)24-30-31-25(37-24)26(2,28)15-18-9-7-6-8-10-18/h6-10,14,17,19H,11-13,15-16,28H2,1-5H3. The summed E-state index contributed by atoms with van der Waals surface area (Å²) in [6.45, 7) is 5.84. The number of pyridine rings is 1. The van der Waals surface area contributed by atoms with Crippen molar-refractivity contribution < 1.29 is 17.6 Å². The molecule has 0 amide bonds. The Kier molecular flexibility index (Phi) is 8.32. The molecule has 3 atom stereocenters. The van der Waals surface area contributed by atoms with Crippen molar-refractivity contribution in [3.05, 3.63) is 52.9 Å². The molecule has 3 aromatic rings. The summed E-state index contributed by atoms with van der Waals surface area (Å²) in [6, 6.07) is 11.6. The van der Waals surface area contributed by atoms with Gasteiger partial charge in [-0.1, -0.05) is 48.9 Å². The summed E-state index contributed by atoms with van der Waals surface area (Å²) < 4.78 is 37.3. The predicted octanol–water partition coefficient (Wildman–Crippen LogP) is 3.71. The molecule has 12 heteroatoms. The number of hydrogen-bond acceptors (Lipinski definition) is 9. The second-order valence-corrected chi connectivity index (χ2v) is 12.7. The molecule has 0 aliphatic heterocycles. The molecule has 2 N–H and O–H groups in total. The molecule has 0 saturated heterocycles. The van der Waals surface area contributed by atoms with Gasteiger partial charge in [0.1, 0.15) is 5.82 Å². The van der Waals surface area contributed by atoms with Crippen LogP contribution in [0.4, 0.5) is 11.6 Å². The molecule has 2 aromatic heterocycles. The van der Waals surface area contributed by atoms with Crippen LogP contribution in [0.2, 0.25) is 5.02 Å². The predicted molar refractivity (Wildman–Crippen MR) is 149 cm³/mol. The fourth-order valence-electron chi connectivity index (χ4n) is 4.28. The van der Waals surface area contributed by atoms with E-state index < -0.39 is 15.6 Å². The van der Waals surface area contributed by atoms with Crippen LogP contribution in [0.5, 0.6) is 0 Å². The van der Waals surface area contributed by atoms with Crippen LogP contribution in [-0.2, 0) is 26.7 Å². The third-order valence-corrected chi connectivity index (χ3v) is 8.44. The number of rotatable bonds is 12. The summed E-state index contributed by atoms with van der Waals surface area (Å²) >= 11 is 6.75. The summed E-state index contributed by atoms with van der Waals surface area (Å²) in [5.41, 5.74) is 7.06. The smallest absolute Gasteiger partial charge is 0.249 e. The minimum Gasteiger partial charge on any atom is -0.419 e. The highest BCUT2D eigenvalue weighted by Crippen LogP contribution is 2.41. The number of aromatic nitrogens is 3. The zero-order chi connectivity index (χ0) is 27.7. The maximum Gasteiger partial charge on any atom is 0.249 e. The van der Waals surface area contributed by atoms with Crippen molar-refractivity contribution in [2.75, 3.05) is 49.3 Å². The molecular formula is C26H35ClN6O4S. The molecule has 1 saturated carbocycles. The monoisotopic (exact) mass is 562 g/mol. The van der Waals surface area contributed by atoms with Crippen LogP contribution in [0.3, 0.4) is 0 Å². The van der Waals surface area contributed by atoms with Crippen LogP contribution in [0.15, 0.2) is 40.8 Å². The Hall–Kier alpha value is -2.73. The molecule has 0 spiro atoms. The van der Waals surface area contributed by atoms with Gasteiger partial charge < -0.3 is 19.8 Å². The Morgan fingerprint density at radius 2 is 1.95 bits per heavy atom. The van der Waals surface area contributed by atoms with Crippen molar-refractivity contribution in [2.24, 2.45) is 17.6 Å². The number of nitrogens with two attached hydrogens (primary N) is 1. The Labute approximate surface area is 229 Å². The largest absolute Gasteiger partial charge is 0.419 e. The first-order chi connectivity index (χ1) is 17.9. The maximum absolute atomic E-state index is 12.5. The van der Waals surface area contributed by atoms with Gasteiger partial charge in [0.05, 0.1) is 29.0 Å². The molecule has 1 fully saturated rings. The Morgan fingerprint density at radius 1 is 1.26 bits per heavy atom. The highest BCUT2D eigenvalue weighted by Gasteiger charge is 2.35. The van der Waals surface area contributed by atoms with Gasteiger partial charge in [0.25, 0.3) is 0 Å². The molecule has 4 rings (SSSR count).